The molecule has 3 heterocycles. The molecule has 1 aliphatic rings. The molecule has 0 bridgehead atoms. The number of amides is 1. The first-order valence-corrected chi connectivity index (χ1v) is 14.6. The number of fused-ring (bicyclic) bond motifs is 1. The molecule has 0 saturated carbocycles. The van der Waals surface area contributed by atoms with Gasteiger partial charge in [0.2, 0.25) is 0 Å². The van der Waals surface area contributed by atoms with E-state index in [0.717, 1.165) is 0 Å². The number of aromatic nitrogens is 4. The van der Waals surface area contributed by atoms with Gasteiger partial charge >= 0.3 is 6.09 Å². The smallest absolute Gasteiger partial charge is 0.410 e. The van der Waals surface area contributed by atoms with Gasteiger partial charge in [-0.3, -0.25) is 0 Å². The van der Waals surface area contributed by atoms with Gasteiger partial charge in [0.1, 0.15) is 35.4 Å². The van der Waals surface area contributed by atoms with Crippen molar-refractivity contribution in [1.29, 1.82) is 0 Å². The Labute approximate surface area is 271 Å². The minimum Gasteiger partial charge on any atom is -0.493 e. The van der Waals surface area contributed by atoms with Crippen molar-refractivity contribution in [3.63, 3.8) is 0 Å². The summed E-state index contributed by atoms with van der Waals surface area (Å²) >= 11 is 0. The fraction of sp³-hybridized carbons (Fsp3) is 0.312. The molecule has 1 saturated heterocycles. The van der Waals surface area contributed by atoms with Gasteiger partial charge in [-0.2, -0.15) is 0 Å². The van der Waals surface area contributed by atoms with Crippen LogP contribution in [0.4, 0.5) is 32.3 Å². The molecule has 47 heavy (non-hydrogen) atoms. The molecule has 3 N–H and O–H groups in total. The molecular formula is C32H36FN9O5. The summed E-state index contributed by atoms with van der Waals surface area (Å²) in [6.45, 7) is 6.16. The Bertz CT molecular complexity index is 1800. The van der Waals surface area contributed by atoms with E-state index in [0.29, 0.717) is 52.9 Å². The molecule has 0 atom stereocenters. The summed E-state index contributed by atoms with van der Waals surface area (Å²) in [6, 6.07) is 11.2. The Balaban J connectivity index is 1.25. The number of ether oxygens (including phenoxy) is 4. The normalized spacial score (nSPS) is 13.8. The number of methoxy groups -OCH3 is 1. The van der Waals surface area contributed by atoms with Crippen LogP contribution in [0.15, 0.2) is 65.7 Å². The van der Waals surface area contributed by atoms with Crippen molar-refractivity contribution < 1.29 is 28.1 Å². The molecule has 1 amide bonds. The molecule has 246 valence electrons. The maximum Gasteiger partial charge on any atom is 0.410 e. The molecule has 15 heteroatoms. The first-order chi connectivity index (χ1) is 22.4. The van der Waals surface area contributed by atoms with Gasteiger partial charge < -0.3 is 39.8 Å². The highest BCUT2D eigenvalue weighted by atomic mass is 19.1. The lowest BCUT2D eigenvalue weighted by Crippen LogP contribution is -2.57. The number of nitrogens with zero attached hydrogens (tertiary/aromatic N) is 7. The fourth-order valence-corrected chi connectivity index (χ4v) is 4.35. The zero-order valence-electron chi connectivity index (χ0n) is 26.9. The van der Waals surface area contributed by atoms with Crippen LogP contribution in [0.1, 0.15) is 20.8 Å². The first-order valence-electron chi connectivity index (χ1n) is 14.6. The van der Waals surface area contributed by atoms with E-state index in [1.54, 1.807) is 35.2 Å². The monoisotopic (exact) mass is 645 g/mol. The van der Waals surface area contributed by atoms with Gasteiger partial charge in [0, 0.05) is 43.9 Å². The van der Waals surface area contributed by atoms with E-state index in [4.69, 9.17) is 24.7 Å². The summed E-state index contributed by atoms with van der Waals surface area (Å²) in [5, 5.41) is 11.6. The summed E-state index contributed by atoms with van der Waals surface area (Å²) in [4.78, 5) is 28.5. The molecule has 0 spiro atoms. The number of likely N-dealkylation sites (tertiary alicyclic amines) is 1. The summed E-state index contributed by atoms with van der Waals surface area (Å²) in [6.07, 6.45) is 3.53. The molecule has 14 nitrogen and oxygen atoms in total. The van der Waals surface area contributed by atoms with Crippen molar-refractivity contribution in [2.45, 2.75) is 32.5 Å². The second-order valence-electron chi connectivity index (χ2n) is 11.7. The van der Waals surface area contributed by atoms with E-state index < -0.39 is 17.5 Å². The van der Waals surface area contributed by atoms with Gasteiger partial charge in [0.25, 0.3) is 0 Å². The molecule has 2 aromatic heterocycles. The Morgan fingerprint density at radius 2 is 1.89 bits per heavy atom. The van der Waals surface area contributed by atoms with Crippen LogP contribution in [0.5, 0.6) is 17.2 Å². The number of carbonyl (C=O) groups excluding carboxylic acids is 1. The van der Waals surface area contributed by atoms with E-state index in [-0.39, 0.29) is 23.4 Å². The SMILES string of the molecule is COc1cc2ncnc(Nc3ccc(O/C(N)=C/C=Nc4ccc(N(C)C)nn4)cc3F)c2cc1OC1CN(C(=O)OC(C)(C)C)C1. The minimum atomic E-state index is -0.603. The average Bonchev–Trinajstić information content (AvgIpc) is 2.99. The summed E-state index contributed by atoms with van der Waals surface area (Å²) in [7, 11) is 5.25. The van der Waals surface area contributed by atoms with Crippen molar-refractivity contribution in [3.05, 3.63) is 66.6 Å². The maximum absolute atomic E-state index is 15.2. The number of hydrogen-bond donors (Lipinski definition) is 2. The molecular weight excluding hydrogens is 609 g/mol. The molecule has 0 aliphatic carbocycles. The Morgan fingerprint density at radius 1 is 1.11 bits per heavy atom. The topological polar surface area (TPSA) is 162 Å². The van der Waals surface area contributed by atoms with Crippen LogP contribution in [0.2, 0.25) is 0 Å². The number of nitrogens with two attached hydrogens (primary N) is 1. The van der Waals surface area contributed by atoms with Crippen LogP contribution < -0.4 is 30.2 Å². The zero-order valence-corrected chi connectivity index (χ0v) is 26.9. The van der Waals surface area contributed by atoms with Crippen LogP contribution in [0.3, 0.4) is 0 Å². The first kappa shape index (κ1) is 32.7. The number of allylic oxidation sites excluding steroid dienone is 1. The third-order valence-corrected chi connectivity index (χ3v) is 6.68. The van der Waals surface area contributed by atoms with Gasteiger partial charge in [-0.05, 0) is 51.1 Å². The quantitative estimate of drug-likeness (QED) is 0.176. The zero-order chi connectivity index (χ0) is 33.7. The fourth-order valence-electron chi connectivity index (χ4n) is 4.35. The number of hydrogen-bond acceptors (Lipinski definition) is 13. The lowest BCUT2D eigenvalue weighted by Gasteiger charge is -2.39. The molecule has 1 fully saturated rings. The van der Waals surface area contributed by atoms with Crippen molar-refractivity contribution in [1.82, 2.24) is 25.1 Å². The Morgan fingerprint density at radius 3 is 2.55 bits per heavy atom. The predicted molar refractivity (Wildman–Crippen MR) is 175 cm³/mol. The van der Waals surface area contributed by atoms with Crippen molar-refractivity contribution >= 4 is 46.4 Å². The third kappa shape index (κ3) is 8.31. The molecule has 0 radical (unpaired) electrons. The van der Waals surface area contributed by atoms with E-state index in [9.17, 15) is 4.79 Å². The van der Waals surface area contributed by atoms with E-state index >= 15 is 4.39 Å². The standard InChI is InChI=1S/C32H36FN9O5/c1-32(2,3)47-31(43)42-16-20(17-42)45-26-14-21-24(15-25(26)44-6)36-18-37-30(21)38-23-8-7-19(13-22(23)33)46-27(34)11-12-35-28-9-10-29(40-39-28)41(4)5/h7-15,18,20H,16-17,34H2,1-6H3,(H,36,37,38)/b27-11+,35-12?. The van der Waals surface area contributed by atoms with E-state index in [1.807, 2.05) is 39.8 Å². The molecule has 4 aromatic rings. The Kier molecular flexibility index (Phi) is 9.54. The molecule has 0 unspecified atom stereocenters. The second kappa shape index (κ2) is 13.7. The lowest BCUT2D eigenvalue weighted by molar-refractivity contribution is -0.0225. The van der Waals surface area contributed by atoms with Crippen LogP contribution in [-0.4, -0.2) is 83.4 Å². The minimum absolute atomic E-state index is 0.00400. The van der Waals surface area contributed by atoms with Crippen molar-refractivity contribution in [2.24, 2.45) is 10.7 Å². The predicted octanol–water partition coefficient (Wildman–Crippen LogP) is 4.96. The number of aliphatic imine (C=N–C) groups is 1. The highest BCUT2D eigenvalue weighted by molar-refractivity contribution is 5.93. The van der Waals surface area contributed by atoms with Gasteiger partial charge in [0.15, 0.2) is 29.0 Å². The van der Waals surface area contributed by atoms with Crippen LogP contribution >= 0.6 is 0 Å². The highest BCUT2D eigenvalue weighted by Crippen LogP contribution is 2.37. The number of carbonyl (C=O) groups is 1. The van der Waals surface area contributed by atoms with Gasteiger partial charge in [-0.25, -0.2) is 24.1 Å². The largest absolute Gasteiger partial charge is 0.493 e. The van der Waals surface area contributed by atoms with Crippen LogP contribution in [0.25, 0.3) is 10.9 Å². The summed E-state index contributed by atoms with van der Waals surface area (Å²) < 4.78 is 37.8. The number of benzene rings is 2. The second-order valence-corrected chi connectivity index (χ2v) is 11.7. The van der Waals surface area contributed by atoms with E-state index in [2.05, 4.69) is 30.5 Å². The summed E-state index contributed by atoms with van der Waals surface area (Å²) in [5.41, 5.74) is 6.05. The van der Waals surface area contributed by atoms with Crippen LogP contribution in [-0.2, 0) is 4.74 Å². The van der Waals surface area contributed by atoms with Gasteiger partial charge in [0.05, 0.1) is 31.4 Å². The lowest BCUT2D eigenvalue weighted by atomic mass is 10.1. The van der Waals surface area contributed by atoms with E-state index in [1.165, 1.54) is 37.9 Å². The van der Waals surface area contributed by atoms with Gasteiger partial charge in [-0.15, -0.1) is 10.2 Å². The average molecular weight is 646 g/mol. The highest BCUT2D eigenvalue weighted by Gasteiger charge is 2.35. The van der Waals surface area contributed by atoms with Gasteiger partial charge in [-0.1, -0.05) is 0 Å². The number of anilines is 3. The number of halogens is 1. The van der Waals surface area contributed by atoms with Crippen molar-refractivity contribution in [2.75, 3.05) is 44.5 Å². The third-order valence-electron chi connectivity index (χ3n) is 6.68. The number of nitrogens with one attached hydrogen (secondary N) is 1. The molecule has 5 rings (SSSR count). The molecule has 2 aromatic carbocycles. The maximum atomic E-state index is 15.2. The van der Waals surface area contributed by atoms with Crippen LogP contribution in [0, 0.1) is 5.82 Å². The molecule has 1 aliphatic heterocycles. The van der Waals surface area contributed by atoms with Crippen molar-refractivity contribution in [3.8, 4) is 17.2 Å². The Hall–Kier alpha value is -5.73. The number of rotatable bonds is 10. The summed E-state index contributed by atoms with van der Waals surface area (Å²) in [5.74, 6) is 1.90.